The molecule has 0 spiro atoms. The lowest BCUT2D eigenvalue weighted by molar-refractivity contribution is -0.116. The predicted molar refractivity (Wildman–Crippen MR) is 114 cm³/mol. The molecule has 1 N–H and O–H groups in total. The van der Waals surface area contributed by atoms with Crippen LogP contribution in [-0.4, -0.2) is 34.2 Å². The third-order valence-electron chi connectivity index (χ3n) is 4.04. The summed E-state index contributed by atoms with van der Waals surface area (Å²) in [6, 6.07) is 10.0. The van der Waals surface area contributed by atoms with Crippen LogP contribution in [0.2, 0.25) is 10.0 Å². The SMILES string of the molecule is COc1ccc(NC(=O)CCCN(c2cc(Cl)ccc2C)S(C)(=O)=O)cc1Cl. The summed E-state index contributed by atoms with van der Waals surface area (Å²) in [5.41, 5.74) is 1.84. The van der Waals surface area contributed by atoms with Gasteiger partial charge in [0, 0.05) is 23.7 Å². The lowest BCUT2D eigenvalue weighted by atomic mass is 10.2. The van der Waals surface area contributed by atoms with Gasteiger partial charge in [-0.05, 0) is 49.2 Å². The van der Waals surface area contributed by atoms with E-state index in [-0.39, 0.29) is 18.9 Å². The summed E-state index contributed by atoms with van der Waals surface area (Å²) in [4.78, 5) is 12.2. The summed E-state index contributed by atoms with van der Waals surface area (Å²) in [5, 5.41) is 3.58. The van der Waals surface area contributed by atoms with Crippen molar-refractivity contribution in [1.29, 1.82) is 0 Å². The van der Waals surface area contributed by atoms with Crippen molar-refractivity contribution in [1.82, 2.24) is 0 Å². The molecule has 0 saturated carbocycles. The molecule has 0 aromatic heterocycles. The minimum Gasteiger partial charge on any atom is -0.495 e. The Bertz CT molecular complexity index is 964. The molecule has 0 aliphatic carbocycles. The van der Waals surface area contributed by atoms with E-state index in [0.29, 0.717) is 33.6 Å². The van der Waals surface area contributed by atoms with Gasteiger partial charge in [-0.1, -0.05) is 29.3 Å². The van der Waals surface area contributed by atoms with Gasteiger partial charge < -0.3 is 10.1 Å². The standard InChI is InChI=1S/C19H22Cl2N2O4S/c1-13-6-7-14(20)11-17(13)23(28(3,25)26)10-4-5-19(24)22-15-8-9-18(27-2)16(21)12-15/h6-9,11-12H,4-5,10H2,1-3H3,(H,22,24). The number of carbonyl (C=O) groups excluding carboxylic acids is 1. The summed E-state index contributed by atoms with van der Waals surface area (Å²) >= 11 is 12.1. The van der Waals surface area contributed by atoms with E-state index < -0.39 is 10.0 Å². The van der Waals surface area contributed by atoms with Gasteiger partial charge in [0.1, 0.15) is 5.75 Å². The highest BCUT2D eigenvalue weighted by Crippen LogP contribution is 2.28. The van der Waals surface area contributed by atoms with Crippen LogP contribution in [0.1, 0.15) is 18.4 Å². The first kappa shape index (κ1) is 22.3. The third-order valence-corrected chi connectivity index (χ3v) is 5.75. The second-order valence-electron chi connectivity index (χ2n) is 6.27. The number of sulfonamides is 1. The smallest absolute Gasteiger partial charge is 0.232 e. The number of nitrogens with zero attached hydrogens (tertiary/aromatic N) is 1. The zero-order chi connectivity index (χ0) is 20.9. The molecule has 0 unspecified atom stereocenters. The van der Waals surface area contributed by atoms with E-state index in [1.54, 1.807) is 36.4 Å². The van der Waals surface area contributed by atoms with Crippen LogP contribution in [0.25, 0.3) is 0 Å². The molecule has 0 aliphatic heterocycles. The molecule has 0 fully saturated rings. The number of halogens is 2. The van der Waals surface area contributed by atoms with Crippen LogP contribution >= 0.6 is 23.2 Å². The minimum atomic E-state index is -3.52. The molecule has 0 heterocycles. The summed E-state index contributed by atoms with van der Waals surface area (Å²) < 4.78 is 30.8. The number of anilines is 2. The number of benzene rings is 2. The molecule has 0 bridgehead atoms. The fourth-order valence-corrected chi connectivity index (χ4v) is 4.11. The van der Waals surface area contributed by atoms with E-state index in [9.17, 15) is 13.2 Å². The average Bonchev–Trinajstić information content (AvgIpc) is 2.60. The first-order valence-electron chi connectivity index (χ1n) is 8.49. The van der Waals surface area contributed by atoms with E-state index in [1.807, 2.05) is 6.92 Å². The van der Waals surface area contributed by atoms with Gasteiger partial charge in [-0.25, -0.2) is 8.42 Å². The predicted octanol–water partition coefficient (Wildman–Crippen LogP) is 4.50. The van der Waals surface area contributed by atoms with Crippen molar-refractivity contribution in [2.45, 2.75) is 19.8 Å². The molecule has 0 aliphatic rings. The monoisotopic (exact) mass is 444 g/mol. The number of amides is 1. The number of aryl methyl sites for hydroxylation is 1. The van der Waals surface area contributed by atoms with Crippen molar-refractivity contribution in [3.05, 3.63) is 52.0 Å². The molecular weight excluding hydrogens is 423 g/mol. The van der Waals surface area contributed by atoms with Crippen molar-refractivity contribution in [2.75, 3.05) is 29.5 Å². The number of carbonyl (C=O) groups is 1. The number of rotatable bonds is 8. The molecule has 28 heavy (non-hydrogen) atoms. The van der Waals surface area contributed by atoms with Gasteiger partial charge in [0.25, 0.3) is 0 Å². The Morgan fingerprint density at radius 2 is 1.89 bits per heavy atom. The van der Waals surface area contributed by atoms with Crippen molar-refractivity contribution < 1.29 is 17.9 Å². The zero-order valence-corrected chi connectivity index (χ0v) is 18.2. The molecule has 0 atom stereocenters. The number of ether oxygens (including phenoxy) is 1. The van der Waals surface area contributed by atoms with Gasteiger partial charge in [0.2, 0.25) is 15.9 Å². The molecule has 2 rings (SSSR count). The van der Waals surface area contributed by atoms with Crippen molar-refractivity contribution in [3.63, 3.8) is 0 Å². The molecule has 0 radical (unpaired) electrons. The molecule has 9 heteroatoms. The highest BCUT2D eigenvalue weighted by atomic mass is 35.5. The third kappa shape index (κ3) is 6.02. The van der Waals surface area contributed by atoms with Crippen LogP contribution < -0.4 is 14.4 Å². The van der Waals surface area contributed by atoms with E-state index in [1.165, 1.54) is 11.4 Å². The second-order valence-corrected chi connectivity index (χ2v) is 9.02. The molecule has 6 nitrogen and oxygen atoms in total. The van der Waals surface area contributed by atoms with Gasteiger partial charge in [0.15, 0.2) is 0 Å². The fraction of sp³-hybridized carbons (Fsp3) is 0.316. The number of hydrogen-bond acceptors (Lipinski definition) is 4. The van der Waals surface area contributed by atoms with Crippen molar-refractivity contribution in [2.24, 2.45) is 0 Å². The van der Waals surface area contributed by atoms with E-state index in [4.69, 9.17) is 27.9 Å². The van der Waals surface area contributed by atoms with Gasteiger partial charge in [-0.2, -0.15) is 0 Å². The van der Waals surface area contributed by atoms with E-state index in [0.717, 1.165) is 11.8 Å². The van der Waals surface area contributed by atoms with Gasteiger partial charge in [-0.15, -0.1) is 0 Å². The largest absolute Gasteiger partial charge is 0.495 e. The number of nitrogens with one attached hydrogen (secondary N) is 1. The lowest BCUT2D eigenvalue weighted by Gasteiger charge is -2.24. The topological polar surface area (TPSA) is 75.7 Å². The molecule has 2 aromatic carbocycles. The van der Waals surface area contributed by atoms with Crippen LogP contribution in [0.3, 0.4) is 0 Å². The first-order chi connectivity index (χ1) is 13.1. The summed E-state index contributed by atoms with van der Waals surface area (Å²) in [7, 11) is -2.01. The molecule has 1 amide bonds. The highest BCUT2D eigenvalue weighted by molar-refractivity contribution is 7.92. The highest BCUT2D eigenvalue weighted by Gasteiger charge is 2.20. The minimum absolute atomic E-state index is 0.148. The van der Waals surface area contributed by atoms with Crippen LogP contribution in [0.15, 0.2) is 36.4 Å². The van der Waals surface area contributed by atoms with Gasteiger partial charge in [0.05, 0.1) is 24.1 Å². The molecule has 0 saturated heterocycles. The quantitative estimate of drug-likeness (QED) is 0.650. The Labute approximate surface area is 175 Å². The maximum atomic E-state index is 12.2. The van der Waals surface area contributed by atoms with Crippen LogP contribution in [-0.2, 0) is 14.8 Å². The Morgan fingerprint density at radius 1 is 1.18 bits per heavy atom. The summed E-state index contributed by atoms with van der Waals surface area (Å²) in [6.45, 7) is 1.97. The Kier molecular flexibility index (Phi) is 7.57. The number of methoxy groups -OCH3 is 1. The molecule has 152 valence electrons. The lowest BCUT2D eigenvalue weighted by Crippen LogP contribution is -2.32. The fourth-order valence-electron chi connectivity index (χ4n) is 2.67. The Morgan fingerprint density at radius 3 is 2.50 bits per heavy atom. The van der Waals surface area contributed by atoms with Crippen molar-refractivity contribution in [3.8, 4) is 5.75 Å². The summed E-state index contributed by atoms with van der Waals surface area (Å²) in [6.07, 6.45) is 1.62. The maximum absolute atomic E-state index is 12.2. The Hall–Kier alpha value is -1.96. The normalized spacial score (nSPS) is 11.2. The van der Waals surface area contributed by atoms with Crippen LogP contribution in [0.5, 0.6) is 5.75 Å². The molecular formula is C19H22Cl2N2O4S. The zero-order valence-electron chi connectivity index (χ0n) is 15.8. The van der Waals surface area contributed by atoms with Gasteiger partial charge >= 0.3 is 0 Å². The Balaban J connectivity index is 2.01. The van der Waals surface area contributed by atoms with E-state index in [2.05, 4.69) is 5.32 Å². The average molecular weight is 445 g/mol. The van der Waals surface area contributed by atoms with Gasteiger partial charge in [-0.3, -0.25) is 9.10 Å². The second kappa shape index (κ2) is 9.49. The van der Waals surface area contributed by atoms with Crippen molar-refractivity contribution >= 4 is 50.5 Å². The first-order valence-corrected chi connectivity index (χ1v) is 11.1. The maximum Gasteiger partial charge on any atom is 0.232 e. The van der Waals surface area contributed by atoms with Crippen LogP contribution in [0.4, 0.5) is 11.4 Å². The number of hydrogen-bond donors (Lipinski definition) is 1. The van der Waals surface area contributed by atoms with E-state index >= 15 is 0 Å². The molecule has 2 aromatic rings. The summed E-state index contributed by atoms with van der Waals surface area (Å²) in [5.74, 6) is 0.276. The van der Waals surface area contributed by atoms with Crippen LogP contribution in [0, 0.1) is 6.92 Å².